The van der Waals surface area contributed by atoms with Crippen molar-refractivity contribution in [1.82, 2.24) is 20.4 Å². The van der Waals surface area contributed by atoms with Gasteiger partial charge >= 0.3 is 0 Å². The van der Waals surface area contributed by atoms with Gasteiger partial charge in [0.15, 0.2) is 5.96 Å². The summed E-state index contributed by atoms with van der Waals surface area (Å²) in [6, 6.07) is 0.444. The number of rotatable bonds is 7. The summed E-state index contributed by atoms with van der Waals surface area (Å²) < 4.78 is 0. The van der Waals surface area contributed by atoms with E-state index >= 15 is 0 Å². The highest BCUT2D eigenvalue weighted by Crippen LogP contribution is 2.18. The zero-order valence-corrected chi connectivity index (χ0v) is 17.6. The summed E-state index contributed by atoms with van der Waals surface area (Å²) in [5.74, 6) is 1.11. The van der Waals surface area contributed by atoms with Gasteiger partial charge in [0.1, 0.15) is 0 Å². The predicted octanol–water partition coefficient (Wildman–Crippen LogP) is 1.51. The van der Waals surface area contributed by atoms with Crippen LogP contribution in [0.15, 0.2) is 4.99 Å². The number of likely N-dealkylation sites (N-methyl/N-ethyl adjacent to an activating group) is 1. The second-order valence-corrected chi connectivity index (χ2v) is 6.34. The van der Waals surface area contributed by atoms with Crippen LogP contribution in [0.2, 0.25) is 0 Å². The molecule has 0 saturated carbocycles. The normalized spacial score (nSPS) is 18.7. The van der Waals surface area contributed by atoms with E-state index in [1.54, 1.807) is 4.90 Å². The summed E-state index contributed by atoms with van der Waals surface area (Å²) >= 11 is 0. The molecule has 136 valence electrons. The van der Waals surface area contributed by atoms with Gasteiger partial charge in [0.05, 0.1) is 6.04 Å². The fourth-order valence-corrected chi connectivity index (χ4v) is 2.73. The Morgan fingerprint density at radius 1 is 1.39 bits per heavy atom. The molecular weight excluding hydrogens is 405 g/mol. The number of likely N-dealkylation sites (tertiary alicyclic amines) is 1. The maximum Gasteiger partial charge on any atom is 0.239 e. The number of halogens is 1. The highest BCUT2D eigenvalue weighted by Gasteiger charge is 2.30. The molecule has 0 aromatic carbocycles. The van der Waals surface area contributed by atoms with E-state index < -0.39 is 0 Å². The Hall–Kier alpha value is -0.570. The lowest BCUT2D eigenvalue weighted by Crippen LogP contribution is -2.43. The molecule has 0 spiro atoms. The number of hydrogen-bond donors (Lipinski definition) is 2. The molecule has 1 fully saturated rings. The van der Waals surface area contributed by atoms with Crippen LogP contribution in [-0.4, -0.2) is 74.0 Å². The number of aliphatic imine (C=N–C) groups is 1. The number of nitrogens with zero attached hydrogens (tertiary/aromatic N) is 3. The number of nitrogens with one attached hydrogen (secondary N) is 2. The number of guanidine groups is 1. The predicted molar refractivity (Wildman–Crippen MR) is 108 cm³/mol. The van der Waals surface area contributed by atoms with E-state index in [1.807, 2.05) is 14.1 Å². The van der Waals surface area contributed by atoms with Gasteiger partial charge in [0.2, 0.25) is 5.91 Å². The van der Waals surface area contributed by atoms with Crippen molar-refractivity contribution in [2.24, 2.45) is 4.99 Å². The Bertz CT molecular complexity index is 373. The van der Waals surface area contributed by atoms with Crippen LogP contribution in [0.4, 0.5) is 0 Å². The average molecular weight is 439 g/mol. The van der Waals surface area contributed by atoms with E-state index in [0.29, 0.717) is 6.04 Å². The van der Waals surface area contributed by atoms with E-state index in [4.69, 9.17) is 0 Å². The largest absolute Gasteiger partial charge is 0.357 e. The maximum absolute atomic E-state index is 12.1. The first kappa shape index (κ1) is 22.4. The molecule has 1 rings (SSSR count). The van der Waals surface area contributed by atoms with Crippen molar-refractivity contribution in [2.45, 2.75) is 52.1 Å². The first-order valence-corrected chi connectivity index (χ1v) is 8.45. The van der Waals surface area contributed by atoms with Crippen molar-refractivity contribution in [1.29, 1.82) is 0 Å². The molecule has 0 bridgehead atoms. The quantitative estimate of drug-likeness (QED) is 0.273. The molecule has 1 aliphatic heterocycles. The second-order valence-electron chi connectivity index (χ2n) is 6.34. The van der Waals surface area contributed by atoms with Crippen LogP contribution >= 0.6 is 24.0 Å². The summed E-state index contributed by atoms with van der Waals surface area (Å²) in [5, 5.41) is 6.56. The van der Waals surface area contributed by atoms with Crippen molar-refractivity contribution >= 4 is 35.8 Å². The third kappa shape index (κ3) is 8.19. The zero-order chi connectivity index (χ0) is 16.5. The maximum atomic E-state index is 12.1. The Labute approximate surface area is 158 Å². The highest BCUT2D eigenvalue weighted by molar-refractivity contribution is 14.0. The molecule has 6 nitrogen and oxygen atoms in total. The first-order valence-electron chi connectivity index (χ1n) is 8.45. The zero-order valence-electron chi connectivity index (χ0n) is 15.3. The first-order chi connectivity index (χ1) is 10.5. The molecule has 1 saturated heterocycles. The van der Waals surface area contributed by atoms with E-state index in [-0.39, 0.29) is 35.9 Å². The van der Waals surface area contributed by atoms with Crippen LogP contribution in [0.3, 0.4) is 0 Å². The van der Waals surface area contributed by atoms with Crippen LogP contribution in [0.5, 0.6) is 0 Å². The van der Waals surface area contributed by atoms with Crippen LogP contribution in [0.1, 0.15) is 40.0 Å². The van der Waals surface area contributed by atoms with Crippen molar-refractivity contribution in [3.05, 3.63) is 0 Å². The summed E-state index contributed by atoms with van der Waals surface area (Å²) in [6.45, 7) is 9.89. The van der Waals surface area contributed by atoms with E-state index in [2.05, 4.69) is 41.3 Å². The molecule has 0 radical (unpaired) electrons. The molecule has 23 heavy (non-hydrogen) atoms. The van der Waals surface area contributed by atoms with Crippen molar-refractivity contribution < 1.29 is 4.79 Å². The molecule has 1 heterocycles. The van der Waals surface area contributed by atoms with Gasteiger partial charge in [-0.15, -0.1) is 24.0 Å². The van der Waals surface area contributed by atoms with Gasteiger partial charge in [-0.2, -0.15) is 0 Å². The van der Waals surface area contributed by atoms with Crippen LogP contribution in [-0.2, 0) is 4.79 Å². The molecular formula is C16H34IN5O. The molecule has 7 heteroatoms. The summed E-state index contributed by atoms with van der Waals surface area (Å²) in [7, 11) is 3.67. The van der Waals surface area contributed by atoms with Gasteiger partial charge in [-0.25, -0.2) is 0 Å². The molecule has 2 N–H and O–H groups in total. The summed E-state index contributed by atoms with van der Waals surface area (Å²) in [5.41, 5.74) is 0. The lowest BCUT2D eigenvalue weighted by atomic mass is 10.2. The number of amides is 1. The molecule has 1 unspecified atom stereocenters. The lowest BCUT2D eigenvalue weighted by molar-refractivity contribution is -0.133. The van der Waals surface area contributed by atoms with Gasteiger partial charge < -0.3 is 15.5 Å². The average Bonchev–Trinajstić information content (AvgIpc) is 2.90. The summed E-state index contributed by atoms with van der Waals surface area (Å²) in [6.07, 6.45) is 3.08. The molecule has 0 aromatic rings. The van der Waals surface area contributed by atoms with Crippen LogP contribution in [0, 0.1) is 0 Å². The SMILES string of the molecule is CCNC(=NCCCN1CCCC1C(=O)N(C)C)NC(C)C.I. The third-order valence-electron chi connectivity index (χ3n) is 3.73. The Morgan fingerprint density at radius 2 is 2.09 bits per heavy atom. The number of carbonyl (C=O) groups is 1. The van der Waals surface area contributed by atoms with Crippen LogP contribution < -0.4 is 10.6 Å². The van der Waals surface area contributed by atoms with Gasteiger partial charge in [-0.3, -0.25) is 14.7 Å². The Balaban J connectivity index is 0.00000484. The molecule has 1 amide bonds. The topological polar surface area (TPSA) is 60.0 Å². The monoisotopic (exact) mass is 439 g/mol. The van der Waals surface area contributed by atoms with E-state index in [1.165, 1.54) is 0 Å². The van der Waals surface area contributed by atoms with Crippen LogP contribution in [0.25, 0.3) is 0 Å². The lowest BCUT2D eigenvalue weighted by Gasteiger charge is -2.25. The fraction of sp³-hybridized carbons (Fsp3) is 0.875. The van der Waals surface area contributed by atoms with E-state index in [9.17, 15) is 4.79 Å². The second kappa shape index (κ2) is 11.9. The fourth-order valence-electron chi connectivity index (χ4n) is 2.73. The minimum absolute atomic E-state index is 0. The van der Waals surface area contributed by atoms with Crippen molar-refractivity contribution in [3.63, 3.8) is 0 Å². The molecule has 1 atom stereocenters. The molecule has 1 aliphatic rings. The number of hydrogen-bond acceptors (Lipinski definition) is 3. The van der Waals surface area contributed by atoms with Gasteiger partial charge in [0, 0.05) is 39.8 Å². The number of carbonyl (C=O) groups excluding carboxylic acids is 1. The van der Waals surface area contributed by atoms with Crippen molar-refractivity contribution in [3.8, 4) is 0 Å². The van der Waals surface area contributed by atoms with Gasteiger partial charge in [-0.1, -0.05) is 0 Å². The smallest absolute Gasteiger partial charge is 0.239 e. The Morgan fingerprint density at radius 3 is 2.65 bits per heavy atom. The minimum atomic E-state index is 0. The van der Waals surface area contributed by atoms with Gasteiger partial charge in [0.25, 0.3) is 0 Å². The standard InChI is InChI=1S/C16H33N5O.HI/c1-6-17-16(19-13(2)3)18-10-8-12-21-11-7-9-14(21)15(22)20(4)5;/h13-14H,6-12H2,1-5H3,(H2,17,18,19);1H. The van der Waals surface area contributed by atoms with Gasteiger partial charge in [-0.05, 0) is 46.6 Å². The Kier molecular flexibility index (Phi) is 11.6. The minimum Gasteiger partial charge on any atom is -0.357 e. The molecule has 0 aromatic heterocycles. The molecule has 0 aliphatic carbocycles. The third-order valence-corrected chi connectivity index (χ3v) is 3.73. The highest BCUT2D eigenvalue weighted by atomic mass is 127. The summed E-state index contributed by atoms with van der Waals surface area (Å²) in [4.78, 5) is 20.7. The van der Waals surface area contributed by atoms with E-state index in [0.717, 1.165) is 51.4 Å². The van der Waals surface area contributed by atoms with Crippen molar-refractivity contribution in [2.75, 3.05) is 40.3 Å².